The number of fused-ring (bicyclic) bond motifs is 1. The largest absolute Gasteiger partial charge is 0.357 e. The average molecular weight is 525 g/mol. The molecule has 8 heteroatoms. The Kier molecular flexibility index (Phi) is 11.8. The molecule has 2 N–H and O–H groups in total. The second-order valence-corrected chi connectivity index (χ2v) is 10.9. The fourth-order valence-corrected chi connectivity index (χ4v) is 5.21. The smallest absolute Gasteiger partial charge is 0.187 e. The molecule has 1 aromatic rings. The van der Waals surface area contributed by atoms with E-state index in [1.54, 1.807) is 12.1 Å². The number of unbranched alkanes of at least 4 members (excludes halogenated alkanes) is 9. The van der Waals surface area contributed by atoms with Crippen LogP contribution in [0.25, 0.3) is 0 Å². The highest BCUT2D eigenvalue weighted by Gasteiger charge is 2.57. The molecule has 2 aliphatic heterocycles. The van der Waals surface area contributed by atoms with Gasteiger partial charge in [0.25, 0.3) is 0 Å². The van der Waals surface area contributed by atoms with Crippen LogP contribution < -0.4 is 10.6 Å². The van der Waals surface area contributed by atoms with E-state index in [1.807, 2.05) is 20.8 Å². The summed E-state index contributed by atoms with van der Waals surface area (Å²) >= 11 is 5.46. The molecule has 204 valence electrons. The van der Waals surface area contributed by atoms with Crippen molar-refractivity contribution in [3.63, 3.8) is 0 Å². The van der Waals surface area contributed by atoms with Gasteiger partial charge in [0, 0.05) is 12.3 Å². The molecular weight excluding hydrogens is 479 g/mol. The van der Waals surface area contributed by atoms with Crippen molar-refractivity contribution in [2.24, 2.45) is 0 Å². The molecule has 0 aromatic heterocycles. The Hall–Kier alpha value is -1.32. The predicted molar refractivity (Wildman–Crippen MR) is 146 cm³/mol. The lowest BCUT2D eigenvalue weighted by molar-refractivity contribution is -0.235. The monoisotopic (exact) mass is 524 g/mol. The maximum absolute atomic E-state index is 13.2. The Morgan fingerprint density at radius 3 is 2.19 bits per heavy atom. The zero-order chi connectivity index (χ0) is 26.0. The van der Waals surface area contributed by atoms with Crippen LogP contribution in [0, 0.1) is 5.82 Å². The zero-order valence-electron chi connectivity index (χ0n) is 22.4. The van der Waals surface area contributed by atoms with Crippen molar-refractivity contribution in [3.8, 4) is 0 Å². The van der Waals surface area contributed by atoms with E-state index < -0.39 is 12.1 Å². The first-order chi connectivity index (χ1) is 17.3. The number of ether oxygens (including phenoxy) is 4. The lowest BCUT2D eigenvalue weighted by Crippen LogP contribution is -2.48. The molecule has 6 nitrogen and oxygen atoms in total. The third kappa shape index (κ3) is 9.21. The van der Waals surface area contributed by atoms with E-state index in [-0.39, 0.29) is 30.2 Å². The molecule has 2 fully saturated rings. The third-order valence-corrected chi connectivity index (χ3v) is 7.00. The first kappa shape index (κ1) is 29.2. The number of hydrogen-bond donors (Lipinski definition) is 2. The Morgan fingerprint density at radius 2 is 1.56 bits per heavy atom. The Balaban J connectivity index is 1.39. The Bertz CT molecular complexity index is 794. The summed E-state index contributed by atoms with van der Waals surface area (Å²) in [5.74, 6) is -0.981. The molecule has 2 aliphatic rings. The topological polar surface area (TPSA) is 61.0 Å². The minimum absolute atomic E-state index is 0.152. The number of anilines is 1. The number of hydrogen-bond acceptors (Lipinski definition) is 5. The van der Waals surface area contributed by atoms with Gasteiger partial charge >= 0.3 is 0 Å². The van der Waals surface area contributed by atoms with Gasteiger partial charge in [-0.3, -0.25) is 0 Å². The molecule has 0 unspecified atom stereocenters. The first-order valence-corrected chi connectivity index (χ1v) is 14.2. The van der Waals surface area contributed by atoms with Crippen LogP contribution in [-0.2, 0) is 18.9 Å². The van der Waals surface area contributed by atoms with E-state index in [4.69, 9.17) is 31.2 Å². The fourth-order valence-electron chi connectivity index (χ4n) is 4.91. The van der Waals surface area contributed by atoms with Crippen LogP contribution in [-0.4, -0.2) is 48.2 Å². The van der Waals surface area contributed by atoms with Gasteiger partial charge in [-0.1, -0.05) is 64.7 Å². The van der Waals surface area contributed by atoms with Crippen molar-refractivity contribution in [1.29, 1.82) is 0 Å². The van der Waals surface area contributed by atoms with Gasteiger partial charge in [0.2, 0.25) is 0 Å². The van der Waals surface area contributed by atoms with Crippen molar-refractivity contribution >= 4 is 23.0 Å². The summed E-state index contributed by atoms with van der Waals surface area (Å²) in [6.45, 7) is 8.74. The van der Waals surface area contributed by atoms with E-state index in [0.29, 0.717) is 17.4 Å². The summed E-state index contributed by atoms with van der Waals surface area (Å²) in [6.07, 6.45) is 11.6. The molecule has 0 amide bonds. The lowest BCUT2D eigenvalue weighted by atomic mass is 10.1. The van der Waals surface area contributed by atoms with Gasteiger partial charge in [0.05, 0.1) is 6.04 Å². The van der Waals surface area contributed by atoms with Gasteiger partial charge in [0.15, 0.2) is 17.2 Å². The average Bonchev–Trinajstić information content (AvgIpc) is 3.32. The van der Waals surface area contributed by atoms with Crippen LogP contribution >= 0.6 is 12.2 Å². The molecule has 36 heavy (non-hydrogen) atoms. The number of benzene rings is 1. The molecule has 0 radical (unpaired) electrons. The fraction of sp³-hybridized carbons (Fsp3) is 0.750. The van der Waals surface area contributed by atoms with Crippen LogP contribution in [0.1, 0.15) is 91.9 Å². The minimum Gasteiger partial charge on any atom is -0.357 e. The quantitative estimate of drug-likeness (QED) is 0.196. The van der Waals surface area contributed by atoms with Crippen LogP contribution in [0.3, 0.4) is 0 Å². The van der Waals surface area contributed by atoms with Crippen LogP contribution in [0.15, 0.2) is 24.3 Å². The van der Waals surface area contributed by atoms with Crippen molar-refractivity contribution in [1.82, 2.24) is 5.32 Å². The maximum Gasteiger partial charge on any atom is 0.187 e. The molecule has 0 saturated carbocycles. The van der Waals surface area contributed by atoms with E-state index in [9.17, 15) is 4.39 Å². The number of halogens is 1. The molecule has 3 rings (SSSR count). The summed E-state index contributed by atoms with van der Waals surface area (Å²) in [4.78, 5) is 0. The van der Waals surface area contributed by atoms with Crippen molar-refractivity contribution < 1.29 is 23.3 Å². The predicted octanol–water partition coefficient (Wildman–Crippen LogP) is 6.68. The van der Waals surface area contributed by atoms with Crippen molar-refractivity contribution in [2.45, 2.75) is 128 Å². The van der Waals surface area contributed by atoms with Crippen LogP contribution in [0.4, 0.5) is 10.1 Å². The molecular formula is C28H45FN2O4S. The van der Waals surface area contributed by atoms with E-state index in [1.165, 1.54) is 69.9 Å². The summed E-state index contributed by atoms with van der Waals surface area (Å²) in [5.41, 5.74) is 0.714. The van der Waals surface area contributed by atoms with E-state index >= 15 is 0 Å². The second-order valence-electron chi connectivity index (χ2n) is 10.5. The molecule has 0 bridgehead atoms. The lowest BCUT2D eigenvalue weighted by Gasteiger charge is -2.28. The van der Waals surface area contributed by atoms with Gasteiger partial charge in [-0.15, -0.1) is 0 Å². The van der Waals surface area contributed by atoms with Crippen molar-refractivity contribution in [2.75, 3.05) is 11.9 Å². The van der Waals surface area contributed by atoms with Crippen LogP contribution in [0.5, 0.6) is 0 Å². The number of rotatable bonds is 15. The normalized spacial score (nSPS) is 25.5. The van der Waals surface area contributed by atoms with Gasteiger partial charge in [-0.2, -0.15) is 0 Å². The highest BCUT2D eigenvalue weighted by atomic mass is 32.1. The maximum atomic E-state index is 13.2. The molecule has 5 atom stereocenters. The third-order valence-electron chi connectivity index (χ3n) is 6.78. The Morgan fingerprint density at radius 1 is 0.972 bits per heavy atom. The van der Waals surface area contributed by atoms with E-state index in [2.05, 4.69) is 17.6 Å². The molecule has 1 aromatic carbocycles. The van der Waals surface area contributed by atoms with Gasteiger partial charge in [-0.25, -0.2) is 4.39 Å². The van der Waals surface area contributed by atoms with Gasteiger partial charge < -0.3 is 29.6 Å². The zero-order valence-corrected chi connectivity index (χ0v) is 23.2. The summed E-state index contributed by atoms with van der Waals surface area (Å²) < 4.78 is 37.9. The standard InChI is InChI=1S/C28H45FN2O4S/c1-5-6-7-8-9-10-11-12-13-14-19-32-26-25-24(34-28(3,4)35-25)23(33-26)20(2)30-27(36)31-22-17-15-21(29)16-18-22/h15-18,20,23-26H,5-14,19H2,1-4H3,(H2,30,31,36)/t20-,23+,24-,25-,26-/m0/s1. The summed E-state index contributed by atoms with van der Waals surface area (Å²) in [6, 6.07) is 5.91. The minimum atomic E-state index is -0.692. The van der Waals surface area contributed by atoms with E-state index in [0.717, 1.165) is 6.42 Å². The summed E-state index contributed by atoms with van der Waals surface area (Å²) in [5, 5.41) is 6.78. The SMILES string of the molecule is CCCCCCCCCCCCO[C@H]1O[C@H]([C@H](C)NC(=S)Nc2ccc(F)cc2)[C@@H]2OC(C)(C)O[C@H]12. The first-order valence-electron chi connectivity index (χ1n) is 13.7. The molecule has 0 spiro atoms. The highest BCUT2D eigenvalue weighted by Crippen LogP contribution is 2.40. The highest BCUT2D eigenvalue weighted by molar-refractivity contribution is 7.80. The molecule has 2 saturated heterocycles. The molecule has 2 heterocycles. The number of thiocarbonyl (C=S) groups is 1. The second kappa shape index (κ2) is 14.6. The Labute approximate surface area is 222 Å². The van der Waals surface area contributed by atoms with Crippen molar-refractivity contribution in [3.05, 3.63) is 30.1 Å². The van der Waals surface area contributed by atoms with Gasteiger partial charge in [0.1, 0.15) is 24.1 Å². The summed E-state index contributed by atoms with van der Waals surface area (Å²) in [7, 11) is 0. The van der Waals surface area contributed by atoms with Crippen LogP contribution in [0.2, 0.25) is 0 Å². The molecule has 0 aliphatic carbocycles. The number of nitrogens with one attached hydrogen (secondary N) is 2. The van der Waals surface area contributed by atoms with Gasteiger partial charge in [-0.05, 0) is 63.7 Å².